The van der Waals surface area contributed by atoms with E-state index in [1.807, 2.05) is 44.2 Å². The first-order valence-corrected chi connectivity index (χ1v) is 11.5. The van der Waals surface area contributed by atoms with E-state index in [1.54, 1.807) is 19.1 Å². The Morgan fingerprint density at radius 1 is 0.917 bits per heavy atom. The third-order valence-corrected chi connectivity index (χ3v) is 5.60. The van der Waals surface area contributed by atoms with Crippen LogP contribution >= 0.6 is 0 Å². The zero-order valence-electron chi connectivity index (χ0n) is 20.9. The Morgan fingerprint density at radius 2 is 1.50 bits per heavy atom. The van der Waals surface area contributed by atoms with Gasteiger partial charge in [-0.15, -0.1) is 0 Å². The van der Waals surface area contributed by atoms with E-state index < -0.39 is 23.9 Å². The number of nitrogens with zero attached hydrogens (tertiary/aromatic N) is 2. The van der Waals surface area contributed by atoms with Crippen LogP contribution in [0.1, 0.15) is 29.2 Å². The molecule has 2 rings (SSSR count). The number of carbonyl (C=O) groups excluding carboxylic acids is 2. The Hall–Kier alpha value is -4.28. The number of phenols is 1. The normalized spacial score (nSPS) is 13.1. The second-order valence-corrected chi connectivity index (χ2v) is 8.70. The summed E-state index contributed by atoms with van der Waals surface area (Å²) in [5.74, 6) is -1.11. The van der Waals surface area contributed by atoms with Crippen LogP contribution in [0.25, 0.3) is 0 Å². The topological polar surface area (TPSA) is 207 Å². The zero-order valence-corrected chi connectivity index (χ0v) is 20.9. The number of amides is 2. The molecule has 2 amide bonds. The summed E-state index contributed by atoms with van der Waals surface area (Å²) in [5.41, 5.74) is 25.7. The number of guanidine groups is 2. The Bertz CT molecular complexity index is 1090. The van der Waals surface area contributed by atoms with E-state index in [0.29, 0.717) is 6.42 Å². The summed E-state index contributed by atoms with van der Waals surface area (Å²) in [5, 5.41) is 15.2. The second kappa shape index (κ2) is 13.0. The first-order valence-electron chi connectivity index (χ1n) is 11.5. The molecule has 3 unspecified atom stereocenters. The maximum Gasteiger partial charge on any atom is 0.245 e. The molecule has 11 heteroatoms. The standard InChI is InChI=1S/C25H36N8O3/c1-14-9-19(34)10-15(2)20(14)12-21(33-25(28)29)23(36)31-16(3)22(35)30-13-18(32-24(26)27)11-17-7-5-4-6-8-17/h4-10,16,18,21,34H,11-13H2,1-3H3,(H,30,35)(H,31,36)(H4,26,27,32)(H4,28,29,33). The van der Waals surface area contributed by atoms with Crippen LogP contribution in [0.2, 0.25) is 0 Å². The first-order chi connectivity index (χ1) is 17.0. The van der Waals surface area contributed by atoms with E-state index in [-0.39, 0.29) is 36.7 Å². The van der Waals surface area contributed by atoms with Crippen LogP contribution in [0, 0.1) is 13.8 Å². The molecule has 11 nitrogen and oxygen atoms in total. The van der Waals surface area contributed by atoms with Gasteiger partial charge in [-0.05, 0) is 61.6 Å². The van der Waals surface area contributed by atoms with Crippen LogP contribution in [0.3, 0.4) is 0 Å². The van der Waals surface area contributed by atoms with Crippen molar-refractivity contribution in [2.24, 2.45) is 32.9 Å². The van der Waals surface area contributed by atoms with Gasteiger partial charge in [-0.3, -0.25) is 9.59 Å². The van der Waals surface area contributed by atoms with Gasteiger partial charge in [0, 0.05) is 13.0 Å². The number of carbonyl (C=O) groups is 2. The number of phenolic OH excluding ortho intramolecular Hbond substituents is 1. The Morgan fingerprint density at radius 3 is 2.06 bits per heavy atom. The van der Waals surface area contributed by atoms with Gasteiger partial charge in [0.1, 0.15) is 17.8 Å². The second-order valence-electron chi connectivity index (χ2n) is 8.70. The van der Waals surface area contributed by atoms with Gasteiger partial charge in [0.05, 0.1) is 6.04 Å². The molecule has 0 aliphatic carbocycles. The SMILES string of the molecule is Cc1cc(O)cc(C)c1CC(N=C(N)N)C(=O)NC(C)C(=O)NCC(Cc1ccccc1)N=C(N)N. The molecule has 2 aromatic carbocycles. The van der Waals surface area contributed by atoms with Crippen molar-refractivity contribution in [2.75, 3.05) is 6.54 Å². The largest absolute Gasteiger partial charge is 0.508 e. The molecule has 2 aromatic rings. The summed E-state index contributed by atoms with van der Waals surface area (Å²) >= 11 is 0. The van der Waals surface area contributed by atoms with E-state index in [2.05, 4.69) is 20.6 Å². The van der Waals surface area contributed by atoms with Crippen molar-refractivity contribution in [3.8, 4) is 5.75 Å². The third-order valence-electron chi connectivity index (χ3n) is 5.60. The van der Waals surface area contributed by atoms with Crippen LogP contribution in [-0.2, 0) is 22.4 Å². The molecule has 36 heavy (non-hydrogen) atoms. The molecule has 0 aliphatic heterocycles. The number of hydrogen-bond acceptors (Lipinski definition) is 5. The monoisotopic (exact) mass is 496 g/mol. The summed E-state index contributed by atoms with van der Waals surface area (Å²) in [7, 11) is 0. The quantitative estimate of drug-likeness (QED) is 0.163. The predicted octanol–water partition coefficient (Wildman–Crippen LogP) is -0.301. The molecule has 194 valence electrons. The molecule has 0 saturated carbocycles. The van der Waals surface area contributed by atoms with E-state index in [4.69, 9.17) is 22.9 Å². The smallest absolute Gasteiger partial charge is 0.245 e. The van der Waals surface area contributed by atoms with Crippen molar-refractivity contribution in [3.63, 3.8) is 0 Å². The Labute approximate surface area is 211 Å². The highest BCUT2D eigenvalue weighted by Gasteiger charge is 2.25. The molecule has 11 N–H and O–H groups in total. The van der Waals surface area contributed by atoms with Crippen molar-refractivity contribution >= 4 is 23.7 Å². The molecular weight excluding hydrogens is 460 g/mol. The molecule has 0 bridgehead atoms. The van der Waals surface area contributed by atoms with Gasteiger partial charge in [-0.2, -0.15) is 0 Å². The molecule has 3 atom stereocenters. The summed E-state index contributed by atoms with van der Waals surface area (Å²) in [6.45, 7) is 5.38. The lowest BCUT2D eigenvalue weighted by Crippen LogP contribution is -2.50. The predicted molar refractivity (Wildman–Crippen MR) is 141 cm³/mol. The van der Waals surface area contributed by atoms with Gasteiger partial charge in [-0.1, -0.05) is 30.3 Å². The minimum absolute atomic E-state index is 0.0774. The number of aryl methyl sites for hydroxylation is 2. The Balaban J connectivity index is 2.05. The molecule has 0 saturated heterocycles. The Kier molecular flexibility index (Phi) is 10.1. The summed E-state index contributed by atoms with van der Waals surface area (Å²) < 4.78 is 0. The zero-order chi connectivity index (χ0) is 26.8. The highest BCUT2D eigenvalue weighted by atomic mass is 16.3. The number of rotatable bonds is 11. The van der Waals surface area contributed by atoms with Crippen molar-refractivity contribution in [2.45, 2.75) is 51.7 Å². The maximum absolute atomic E-state index is 13.0. The summed E-state index contributed by atoms with van der Waals surface area (Å²) in [4.78, 5) is 34.0. The molecule has 0 radical (unpaired) electrons. The molecule has 0 aliphatic rings. The van der Waals surface area contributed by atoms with Crippen LogP contribution < -0.4 is 33.6 Å². The minimum Gasteiger partial charge on any atom is -0.508 e. The minimum atomic E-state index is -0.959. The van der Waals surface area contributed by atoms with E-state index in [9.17, 15) is 14.7 Å². The third kappa shape index (κ3) is 8.82. The van der Waals surface area contributed by atoms with Gasteiger partial charge in [0.15, 0.2) is 11.9 Å². The number of nitrogens with two attached hydrogens (primary N) is 4. The lowest BCUT2D eigenvalue weighted by atomic mass is 9.95. The summed E-state index contributed by atoms with van der Waals surface area (Å²) in [6, 6.07) is 10.6. The van der Waals surface area contributed by atoms with Crippen LogP contribution in [0.4, 0.5) is 0 Å². The number of hydrogen-bond donors (Lipinski definition) is 7. The number of aliphatic imine (C=N–C) groups is 2. The fourth-order valence-electron chi connectivity index (χ4n) is 3.87. The van der Waals surface area contributed by atoms with E-state index >= 15 is 0 Å². The maximum atomic E-state index is 13.0. The van der Waals surface area contributed by atoms with E-state index in [1.165, 1.54) is 0 Å². The van der Waals surface area contributed by atoms with Crippen molar-refractivity contribution in [1.29, 1.82) is 0 Å². The first kappa shape index (κ1) is 28.0. The molecular formula is C25H36N8O3. The fourth-order valence-corrected chi connectivity index (χ4v) is 3.87. The number of aromatic hydroxyl groups is 1. The molecule has 0 spiro atoms. The van der Waals surface area contributed by atoms with Gasteiger partial charge in [0.2, 0.25) is 11.8 Å². The van der Waals surface area contributed by atoms with Crippen LogP contribution in [0.5, 0.6) is 5.75 Å². The summed E-state index contributed by atoms with van der Waals surface area (Å²) in [6.07, 6.45) is 0.720. The van der Waals surface area contributed by atoms with Gasteiger partial charge >= 0.3 is 0 Å². The van der Waals surface area contributed by atoms with Crippen molar-refractivity contribution < 1.29 is 14.7 Å². The average molecular weight is 497 g/mol. The van der Waals surface area contributed by atoms with E-state index in [0.717, 1.165) is 22.3 Å². The van der Waals surface area contributed by atoms with Gasteiger partial charge in [-0.25, -0.2) is 9.98 Å². The highest BCUT2D eigenvalue weighted by molar-refractivity contribution is 5.91. The number of benzene rings is 2. The molecule has 0 fully saturated rings. The van der Waals surface area contributed by atoms with Crippen molar-refractivity contribution in [3.05, 3.63) is 64.7 Å². The number of nitrogens with one attached hydrogen (secondary N) is 2. The average Bonchev–Trinajstić information content (AvgIpc) is 2.78. The van der Waals surface area contributed by atoms with Crippen LogP contribution in [-0.4, -0.2) is 53.5 Å². The van der Waals surface area contributed by atoms with Gasteiger partial charge < -0.3 is 38.7 Å². The van der Waals surface area contributed by atoms with Gasteiger partial charge in [0.25, 0.3) is 0 Å². The van der Waals surface area contributed by atoms with Crippen molar-refractivity contribution in [1.82, 2.24) is 10.6 Å². The van der Waals surface area contributed by atoms with Crippen LogP contribution in [0.15, 0.2) is 52.4 Å². The lowest BCUT2D eigenvalue weighted by Gasteiger charge is -2.20. The molecule has 0 aromatic heterocycles. The highest BCUT2D eigenvalue weighted by Crippen LogP contribution is 2.22. The lowest BCUT2D eigenvalue weighted by molar-refractivity contribution is -0.129. The molecule has 0 heterocycles. The fraction of sp³-hybridized carbons (Fsp3) is 0.360.